The summed E-state index contributed by atoms with van der Waals surface area (Å²) in [6, 6.07) is 37.4. The third-order valence-corrected chi connectivity index (χ3v) is 8.11. The summed E-state index contributed by atoms with van der Waals surface area (Å²) in [5, 5.41) is 7.85. The van der Waals surface area contributed by atoms with Crippen molar-refractivity contribution in [2.45, 2.75) is 0 Å². The molecule has 5 aromatic carbocycles. The minimum absolute atomic E-state index is 1.20. The molecule has 0 saturated carbocycles. The van der Waals surface area contributed by atoms with Gasteiger partial charge in [-0.2, -0.15) is 0 Å². The van der Waals surface area contributed by atoms with E-state index in [-0.39, 0.29) is 0 Å². The molecule has 0 radical (unpaired) electrons. The standard InChI is InChI=1S/C30H18N2S/c1-2-8-18(9-3-1)32-26-13-7-5-11-20(26)23-16-24-22-15-14-21-19-10-4-6-12-25(19)31-29(21)30(22)33-28(24)17-27(23)32/h1-17,31H. The van der Waals surface area contributed by atoms with Gasteiger partial charge in [0.2, 0.25) is 0 Å². The molecule has 0 spiro atoms. The Hall–Kier alpha value is -4.08. The van der Waals surface area contributed by atoms with Crippen molar-refractivity contribution >= 4 is 75.1 Å². The molecule has 154 valence electrons. The molecule has 3 heteroatoms. The lowest BCUT2D eigenvalue weighted by Crippen LogP contribution is -1.92. The number of para-hydroxylation sites is 3. The average molecular weight is 439 g/mol. The lowest BCUT2D eigenvalue weighted by atomic mass is 10.1. The summed E-state index contributed by atoms with van der Waals surface area (Å²) in [5.74, 6) is 0. The van der Waals surface area contributed by atoms with E-state index >= 15 is 0 Å². The number of rotatable bonds is 1. The number of fused-ring (bicyclic) bond motifs is 10. The van der Waals surface area contributed by atoms with E-state index in [0.717, 1.165) is 0 Å². The molecule has 1 N–H and O–H groups in total. The van der Waals surface area contributed by atoms with Gasteiger partial charge < -0.3 is 9.55 Å². The van der Waals surface area contributed by atoms with Crippen molar-refractivity contribution in [2.24, 2.45) is 0 Å². The van der Waals surface area contributed by atoms with Crippen LogP contribution in [0.1, 0.15) is 0 Å². The highest BCUT2D eigenvalue weighted by Gasteiger charge is 2.17. The van der Waals surface area contributed by atoms with E-state index in [4.69, 9.17) is 0 Å². The highest BCUT2D eigenvalue weighted by molar-refractivity contribution is 7.26. The van der Waals surface area contributed by atoms with E-state index in [2.05, 4.69) is 113 Å². The van der Waals surface area contributed by atoms with Crippen molar-refractivity contribution < 1.29 is 0 Å². The Morgan fingerprint density at radius 2 is 1.30 bits per heavy atom. The van der Waals surface area contributed by atoms with Crippen LogP contribution in [-0.4, -0.2) is 9.55 Å². The van der Waals surface area contributed by atoms with Gasteiger partial charge >= 0.3 is 0 Å². The van der Waals surface area contributed by atoms with Gasteiger partial charge in [-0.25, -0.2) is 0 Å². The topological polar surface area (TPSA) is 20.7 Å². The van der Waals surface area contributed by atoms with Gasteiger partial charge in [-0.15, -0.1) is 11.3 Å². The molecule has 0 aliphatic carbocycles. The molecule has 0 bridgehead atoms. The zero-order chi connectivity index (χ0) is 21.5. The fourth-order valence-corrected chi connectivity index (χ4v) is 6.69. The number of nitrogens with zero attached hydrogens (tertiary/aromatic N) is 1. The van der Waals surface area contributed by atoms with Crippen LogP contribution < -0.4 is 0 Å². The van der Waals surface area contributed by atoms with Crippen molar-refractivity contribution in [1.29, 1.82) is 0 Å². The van der Waals surface area contributed by atoms with Gasteiger partial charge in [0.25, 0.3) is 0 Å². The first-order valence-electron chi connectivity index (χ1n) is 11.2. The van der Waals surface area contributed by atoms with Crippen LogP contribution in [0.25, 0.3) is 69.5 Å². The Labute approximate surface area is 193 Å². The lowest BCUT2D eigenvalue weighted by Gasteiger charge is -2.07. The molecule has 8 rings (SSSR count). The van der Waals surface area contributed by atoms with Gasteiger partial charge in [0.15, 0.2) is 0 Å². The average Bonchev–Trinajstić information content (AvgIpc) is 3.52. The number of thiophene rings is 1. The van der Waals surface area contributed by atoms with E-state index in [1.807, 2.05) is 11.3 Å². The summed E-state index contributed by atoms with van der Waals surface area (Å²) in [6.07, 6.45) is 0. The Morgan fingerprint density at radius 3 is 2.21 bits per heavy atom. The van der Waals surface area contributed by atoms with Crippen LogP contribution in [0.2, 0.25) is 0 Å². The third kappa shape index (κ3) is 2.27. The summed E-state index contributed by atoms with van der Waals surface area (Å²) in [6.45, 7) is 0. The van der Waals surface area contributed by atoms with Crippen molar-refractivity contribution in [3.8, 4) is 5.69 Å². The van der Waals surface area contributed by atoms with Crippen molar-refractivity contribution in [2.75, 3.05) is 0 Å². The molecule has 2 nitrogen and oxygen atoms in total. The molecule has 0 fully saturated rings. The van der Waals surface area contributed by atoms with Crippen molar-refractivity contribution in [3.63, 3.8) is 0 Å². The highest BCUT2D eigenvalue weighted by Crippen LogP contribution is 2.43. The second-order valence-corrected chi connectivity index (χ2v) is 9.74. The van der Waals surface area contributed by atoms with Crippen LogP contribution in [0, 0.1) is 0 Å². The predicted molar refractivity (Wildman–Crippen MR) is 143 cm³/mol. The number of hydrogen-bond acceptors (Lipinski definition) is 1. The largest absolute Gasteiger partial charge is 0.353 e. The number of nitrogens with one attached hydrogen (secondary N) is 1. The second kappa shape index (κ2) is 6.25. The number of H-pyrrole nitrogens is 1. The second-order valence-electron chi connectivity index (χ2n) is 8.69. The van der Waals surface area contributed by atoms with Crippen molar-refractivity contribution in [3.05, 3.63) is 103 Å². The van der Waals surface area contributed by atoms with Gasteiger partial charge in [0.1, 0.15) is 0 Å². The predicted octanol–water partition coefficient (Wildman–Crippen LogP) is 8.79. The zero-order valence-electron chi connectivity index (χ0n) is 17.7. The van der Waals surface area contributed by atoms with E-state index in [9.17, 15) is 0 Å². The highest BCUT2D eigenvalue weighted by atomic mass is 32.1. The molecular weight excluding hydrogens is 420 g/mol. The molecule has 0 saturated heterocycles. The first kappa shape index (κ1) is 17.5. The summed E-state index contributed by atoms with van der Waals surface area (Å²) in [7, 11) is 0. The maximum atomic E-state index is 3.69. The number of aromatic amines is 1. The molecule has 33 heavy (non-hydrogen) atoms. The van der Waals surface area contributed by atoms with Gasteiger partial charge in [-0.3, -0.25) is 0 Å². The summed E-state index contributed by atoms with van der Waals surface area (Å²) in [5.41, 5.74) is 6.15. The Balaban J connectivity index is 1.54. The molecule has 3 heterocycles. The first-order valence-corrected chi connectivity index (χ1v) is 12.0. The quantitative estimate of drug-likeness (QED) is 0.264. The van der Waals surface area contributed by atoms with Crippen LogP contribution in [0.3, 0.4) is 0 Å². The van der Waals surface area contributed by atoms with Crippen LogP contribution in [0.15, 0.2) is 103 Å². The van der Waals surface area contributed by atoms with Gasteiger partial charge in [0.05, 0.1) is 21.3 Å². The van der Waals surface area contributed by atoms with E-state index < -0.39 is 0 Å². The fourth-order valence-electron chi connectivity index (χ4n) is 5.47. The molecular formula is C30H18N2S. The van der Waals surface area contributed by atoms with Crippen LogP contribution in [0.5, 0.6) is 0 Å². The summed E-state index contributed by atoms with van der Waals surface area (Å²) >= 11 is 1.89. The van der Waals surface area contributed by atoms with Crippen molar-refractivity contribution in [1.82, 2.24) is 9.55 Å². The fraction of sp³-hybridized carbons (Fsp3) is 0. The molecule has 8 aromatic rings. The van der Waals surface area contributed by atoms with E-state index in [1.165, 1.54) is 69.5 Å². The molecule has 0 aliphatic heterocycles. The minimum Gasteiger partial charge on any atom is -0.353 e. The number of hydrogen-bond donors (Lipinski definition) is 1. The van der Waals surface area contributed by atoms with Gasteiger partial charge in [-0.05, 0) is 36.4 Å². The Bertz CT molecular complexity index is 2020. The van der Waals surface area contributed by atoms with Crippen LogP contribution in [0.4, 0.5) is 0 Å². The minimum atomic E-state index is 1.20. The maximum absolute atomic E-state index is 3.69. The lowest BCUT2D eigenvalue weighted by molar-refractivity contribution is 1.18. The molecule has 0 atom stereocenters. The molecule has 0 unspecified atom stereocenters. The van der Waals surface area contributed by atoms with E-state index in [0.29, 0.717) is 0 Å². The van der Waals surface area contributed by atoms with Gasteiger partial charge in [0, 0.05) is 48.2 Å². The van der Waals surface area contributed by atoms with Crippen LogP contribution in [-0.2, 0) is 0 Å². The normalized spacial score (nSPS) is 12.2. The monoisotopic (exact) mass is 438 g/mol. The zero-order valence-corrected chi connectivity index (χ0v) is 18.5. The molecule has 0 aliphatic rings. The van der Waals surface area contributed by atoms with Crippen LogP contribution >= 0.6 is 11.3 Å². The third-order valence-electron chi connectivity index (χ3n) is 6.93. The SMILES string of the molecule is c1ccc(-n2c3ccccc3c3cc4c(cc32)sc2c4ccc3c4ccccc4[nH]c32)cc1. The smallest absolute Gasteiger partial charge is 0.0646 e. The Kier molecular flexibility index (Phi) is 3.31. The van der Waals surface area contributed by atoms with Gasteiger partial charge in [-0.1, -0.05) is 66.7 Å². The first-order chi connectivity index (χ1) is 16.4. The molecule has 0 amide bonds. The summed E-state index contributed by atoms with van der Waals surface area (Å²) in [4.78, 5) is 3.69. The maximum Gasteiger partial charge on any atom is 0.0646 e. The Morgan fingerprint density at radius 1 is 0.545 bits per heavy atom. The number of aromatic nitrogens is 2. The number of benzene rings is 5. The summed E-state index contributed by atoms with van der Waals surface area (Å²) < 4.78 is 5.05. The molecule has 3 aromatic heterocycles. The van der Waals surface area contributed by atoms with E-state index in [1.54, 1.807) is 0 Å².